The lowest BCUT2D eigenvalue weighted by atomic mass is 9.94. The van der Waals surface area contributed by atoms with E-state index in [0.717, 1.165) is 0 Å². The maximum absolute atomic E-state index is 9.56. The fraction of sp³-hybridized carbons (Fsp3) is 1.00. The molecule has 11 heavy (non-hydrogen) atoms. The van der Waals surface area contributed by atoms with Crippen molar-refractivity contribution in [2.24, 2.45) is 0 Å². The van der Waals surface area contributed by atoms with Crippen LogP contribution in [-0.2, 0) is 4.74 Å². The predicted molar refractivity (Wildman–Crippen MR) is 38.1 cm³/mol. The second kappa shape index (κ2) is 2.71. The third kappa shape index (κ3) is 1.27. The summed E-state index contributed by atoms with van der Waals surface area (Å²) in [5, 5.41) is 27.6. The molecule has 3 N–H and O–H groups in total. The lowest BCUT2D eigenvalue weighted by molar-refractivity contribution is -0.0792. The zero-order valence-corrected chi connectivity index (χ0v) is 6.69. The minimum absolute atomic E-state index is 0.269. The molecule has 0 radical (unpaired) electrons. The van der Waals surface area contributed by atoms with Gasteiger partial charge in [0.25, 0.3) is 0 Å². The molecule has 0 aromatic heterocycles. The van der Waals surface area contributed by atoms with E-state index in [1.54, 1.807) is 6.92 Å². The van der Waals surface area contributed by atoms with Gasteiger partial charge in [-0.05, 0) is 13.8 Å². The Bertz CT molecular complexity index is 145. The van der Waals surface area contributed by atoms with Crippen molar-refractivity contribution in [1.82, 2.24) is 0 Å². The van der Waals surface area contributed by atoms with E-state index in [4.69, 9.17) is 9.84 Å². The molecule has 66 valence electrons. The lowest BCUT2D eigenvalue weighted by Crippen LogP contribution is -2.46. The molecule has 1 heterocycles. The van der Waals surface area contributed by atoms with Crippen LogP contribution in [0.15, 0.2) is 0 Å². The van der Waals surface area contributed by atoms with E-state index < -0.39 is 23.9 Å². The third-order valence-electron chi connectivity index (χ3n) is 2.24. The minimum atomic E-state index is -1.33. The topological polar surface area (TPSA) is 69.9 Å². The molecule has 1 saturated heterocycles. The molecule has 4 atom stereocenters. The minimum Gasteiger partial charge on any atom is -0.394 e. The molecule has 0 aliphatic carbocycles. The highest BCUT2D eigenvalue weighted by Gasteiger charge is 2.49. The Kier molecular flexibility index (Phi) is 2.20. The highest BCUT2D eigenvalue weighted by atomic mass is 16.6. The standard InChI is InChI=1S/C7H14O4/c1-4-6(9)7(2,10)5(3-8)11-4/h4-6,8-10H,3H2,1-2H3/t4-,5+,6?,7?/m0/s1. The van der Waals surface area contributed by atoms with Gasteiger partial charge in [0, 0.05) is 0 Å². The Balaban J connectivity index is 2.74. The van der Waals surface area contributed by atoms with E-state index in [1.807, 2.05) is 0 Å². The maximum atomic E-state index is 9.56. The monoisotopic (exact) mass is 162 g/mol. The first kappa shape index (κ1) is 8.93. The summed E-state index contributed by atoms with van der Waals surface area (Å²) in [7, 11) is 0. The first-order valence-corrected chi connectivity index (χ1v) is 3.67. The molecule has 1 fully saturated rings. The molecule has 0 bridgehead atoms. The highest BCUT2D eigenvalue weighted by molar-refractivity contribution is 4.98. The number of hydrogen-bond donors (Lipinski definition) is 3. The first-order valence-electron chi connectivity index (χ1n) is 3.67. The van der Waals surface area contributed by atoms with Crippen LogP contribution in [0.1, 0.15) is 13.8 Å². The molecular formula is C7H14O4. The van der Waals surface area contributed by atoms with Crippen LogP contribution >= 0.6 is 0 Å². The van der Waals surface area contributed by atoms with E-state index in [-0.39, 0.29) is 6.61 Å². The number of rotatable bonds is 1. The van der Waals surface area contributed by atoms with Crippen LogP contribution in [0.3, 0.4) is 0 Å². The molecule has 0 saturated carbocycles. The van der Waals surface area contributed by atoms with Gasteiger partial charge in [-0.3, -0.25) is 0 Å². The van der Waals surface area contributed by atoms with Gasteiger partial charge in [-0.2, -0.15) is 0 Å². The molecule has 1 aliphatic rings. The van der Waals surface area contributed by atoms with Gasteiger partial charge in [-0.1, -0.05) is 0 Å². The fourth-order valence-electron chi connectivity index (χ4n) is 1.36. The molecule has 2 unspecified atom stereocenters. The molecule has 1 aliphatic heterocycles. The molecule has 0 aromatic carbocycles. The number of aliphatic hydroxyl groups excluding tert-OH is 2. The Hall–Kier alpha value is -0.160. The molecule has 1 rings (SSSR count). The number of hydrogen-bond acceptors (Lipinski definition) is 4. The van der Waals surface area contributed by atoms with Gasteiger partial charge in [-0.15, -0.1) is 0 Å². The Morgan fingerprint density at radius 3 is 2.27 bits per heavy atom. The average Bonchev–Trinajstić information content (AvgIpc) is 2.13. The average molecular weight is 162 g/mol. The summed E-state index contributed by atoms with van der Waals surface area (Å²) < 4.78 is 5.09. The molecule has 0 aromatic rings. The second-order valence-electron chi connectivity index (χ2n) is 3.18. The van der Waals surface area contributed by atoms with Crippen LogP contribution in [0.2, 0.25) is 0 Å². The summed E-state index contributed by atoms with van der Waals surface area (Å²) in [6, 6.07) is 0. The van der Waals surface area contributed by atoms with E-state index in [2.05, 4.69) is 0 Å². The normalized spacial score (nSPS) is 51.5. The van der Waals surface area contributed by atoms with Crippen molar-refractivity contribution in [2.75, 3.05) is 6.61 Å². The van der Waals surface area contributed by atoms with Crippen LogP contribution < -0.4 is 0 Å². The van der Waals surface area contributed by atoms with Crippen molar-refractivity contribution >= 4 is 0 Å². The fourth-order valence-corrected chi connectivity index (χ4v) is 1.36. The summed E-state index contributed by atoms with van der Waals surface area (Å²) >= 11 is 0. The van der Waals surface area contributed by atoms with Crippen molar-refractivity contribution < 1.29 is 20.1 Å². The molecule has 4 heteroatoms. The Morgan fingerprint density at radius 1 is 1.55 bits per heavy atom. The summed E-state index contributed by atoms with van der Waals surface area (Å²) in [6.45, 7) is 2.85. The van der Waals surface area contributed by atoms with Crippen molar-refractivity contribution in [3.05, 3.63) is 0 Å². The van der Waals surface area contributed by atoms with Crippen molar-refractivity contribution in [3.63, 3.8) is 0 Å². The van der Waals surface area contributed by atoms with Gasteiger partial charge in [0.15, 0.2) is 0 Å². The summed E-state index contributed by atoms with van der Waals surface area (Å²) in [5.41, 5.74) is -1.33. The largest absolute Gasteiger partial charge is 0.394 e. The molecular weight excluding hydrogens is 148 g/mol. The SMILES string of the molecule is C[C@@H]1O[C@H](CO)C(C)(O)C1O. The van der Waals surface area contributed by atoms with Gasteiger partial charge < -0.3 is 20.1 Å². The van der Waals surface area contributed by atoms with E-state index in [0.29, 0.717) is 0 Å². The first-order chi connectivity index (χ1) is 5.00. The van der Waals surface area contributed by atoms with Gasteiger partial charge in [-0.25, -0.2) is 0 Å². The van der Waals surface area contributed by atoms with Crippen LogP contribution in [0.4, 0.5) is 0 Å². The summed E-state index contributed by atoms with van der Waals surface area (Å²) in [5.74, 6) is 0. The van der Waals surface area contributed by atoms with E-state index in [1.165, 1.54) is 6.92 Å². The van der Waals surface area contributed by atoms with E-state index in [9.17, 15) is 10.2 Å². The van der Waals surface area contributed by atoms with Crippen molar-refractivity contribution in [1.29, 1.82) is 0 Å². The predicted octanol–water partition coefficient (Wildman–Crippen LogP) is -1.12. The summed E-state index contributed by atoms with van der Waals surface area (Å²) in [4.78, 5) is 0. The second-order valence-corrected chi connectivity index (χ2v) is 3.18. The van der Waals surface area contributed by atoms with Gasteiger partial charge >= 0.3 is 0 Å². The van der Waals surface area contributed by atoms with Crippen LogP contribution in [0, 0.1) is 0 Å². The third-order valence-corrected chi connectivity index (χ3v) is 2.24. The zero-order chi connectivity index (χ0) is 8.65. The number of aliphatic hydroxyl groups is 3. The van der Waals surface area contributed by atoms with Gasteiger partial charge in [0.2, 0.25) is 0 Å². The number of ether oxygens (including phenoxy) is 1. The molecule has 0 amide bonds. The van der Waals surface area contributed by atoms with Crippen molar-refractivity contribution in [2.45, 2.75) is 37.8 Å². The Morgan fingerprint density at radius 2 is 2.09 bits per heavy atom. The van der Waals surface area contributed by atoms with Gasteiger partial charge in [0.1, 0.15) is 17.8 Å². The highest BCUT2D eigenvalue weighted by Crippen LogP contribution is 2.30. The smallest absolute Gasteiger partial charge is 0.118 e. The lowest BCUT2D eigenvalue weighted by Gasteiger charge is -2.24. The van der Waals surface area contributed by atoms with Crippen LogP contribution in [0.25, 0.3) is 0 Å². The maximum Gasteiger partial charge on any atom is 0.118 e. The van der Waals surface area contributed by atoms with Crippen LogP contribution in [0.5, 0.6) is 0 Å². The van der Waals surface area contributed by atoms with Crippen LogP contribution in [-0.4, -0.2) is 45.8 Å². The molecule has 0 spiro atoms. The quantitative estimate of drug-likeness (QED) is 0.456. The van der Waals surface area contributed by atoms with Crippen molar-refractivity contribution in [3.8, 4) is 0 Å². The molecule has 4 nitrogen and oxygen atoms in total. The zero-order valence-electron chi connectivity index (χ0n) is 6.69. The van der Waals surface area contributed by atoms with E-state index >= 15 is 0 Å². The van der Waals surface area contributed by atoms with Gasteiger partial charge in [0.05, 0.1) is 12.7 Å². The Labute approximate surface area is 65.4 Å². The summed E-state index contributed by atoms with van der Waals surface area (Å²) in [6.07, 6.45) is -2.01.